The monoisotopic (exact) mass is 528 g/mol. The van der Waals surface area contributed by atoms with Gasteiger partial charge in [0.2, 0.25) is 11.7 Å². The van der Waals surface area contributed by atoms with E-state index in [1.807, 2.05) is 0 Å². The Labute approximate surface area is 219 Å². The van der Waals surface area contributed by atoms with Gasteiger partial charge in [0, 0.05) is 50.3 Å². The van der Waals surface area contributed by atoms with Gasteiger partial charge in [-0.2, -0.15) is 0 Å². The zero-order chi connectivity index (χ0) is 28.4. The first kappa shape index (κ1) is 27.1. The summed E-state index contributed by atoms with van der Waals surface area (Å²) in [6, 6.07) is 0.540. The third-order valence-corrected chi connectivity index (χ3v) is 7.79. The molecule has 1 saturated carbocycles. The average Bonchev–Trinajstić information content (AvgIpc) is 2.80. The lowest BCUT2D eigenvalue weighted by atomic mass is 9.57. The Morgan fingerprint density at radius 3 is 2.32 bits per heavy atom. The van der Waals surface area contributed by atoms with Crippen LogP contribution in [0.4, 0.5) is 5.69 Å². The van der Waals surface area contributed by atoms with Crippen LogP contribution >= 0.6 is 0 Å². The number of amides is 2. The Morgan fingerprint density at radius 1 is 1.16 bits per heavy atom. The Hall–Kier alpha value is -3.90. The minimum Gasteiger partial charge on any atom is -0.508 e. The van der Waals surface area contributed by atoms with Crippen molar-refractivity contribution in [2.75, 3.05) is 33.1 Å². The van der Waals surface area contributed by atoms with Gasteiger partial charge in [-0.1, -0.05) is 0 Å². The normalized spacial score (nSPS) is 26.7. The largest absolute Gasteiger partial charge is 0.508 e. The number of rotatable bonds is 5. The molecular formula is C26H32N4O8. The Balaban J connectivity index is 1.97. The SMILES string of the molecule is CC(=O)NCc1cc(N(C)C)c2c(c1O)C(O)=C1C(=O)[C@@]3(O)C(O)=C(C(N)=O)C(=O)C(N(C)C)[C@H]3C[C@H]1C2. The number of nitrogens with two attached hydrogens (primary N) is 1. The van der Waals surface area contributed by atoms with Crippen LogP contribution < -0.4 is 16.0 Å². The number of fused-ring (bicyclic) bond motifs is 3. The van der Waals surface area contributed by atoms with Crippen LogP contribution in [0, 0.1) is 11.8 Å². The van der Waals surface area contributed by atoms with Gasteiger partial charge in [-0.15, -0.1) is 0 Å². The number of likely N-dealkylation sites (N-methyl/N-ethyl adjacent to an activating group) is 1. The second kappa shape index (κ2) is 9.14. The number of hydrogen-bond donors (Lipinski definition) is 6. The lowest BCUT2D eigenvalue weighted by Gasteiger charge is -2.50. The Bertz CT molecular complexity index is 1340. The number of anilines is 1. The van der Waals surface area contributed by atoms with E-state index in [0.29, 0.717) is 16.8 Å². The summed E-state index contributed by atoms with van der Waals surface area (Å²) < 4.78 is 0. The summed E-state index contributed by atoms with van der Waals surface area (Å²) in [5.74, 6) is -7.36. The summed E-state index contributed by atoms with van der Waals surface area (Å²) in [7, 11) is 6.64. The standard InChI is InChI=1S/C26H32N4O8/c1-10(31)28-9-12-8-15(29(2)3)13-6-11-7-14-19(30(4)5)22(34)18(25(27)37)24(36)26(14,38)23(35)16(11)21(33)17(13)20(12)32/h8,11,14,19,32-33,36,38H,6-7,9H2,1-5H3,(H2,27,37)(H,28,31)/t11-,14-,19?,26-/m1/s1. The molecule has 1 unspecified atom stereocenters. The number of carbonyl (C=O) groups excluding carboxylic acids is 4. The van der Waals surface area contributed by atoms with Crippen LogP contribution in [0.15, 0.2) is 23.0 Å². The summed E-state index contributed by atoms with van der Waals surface area (Å²) in [6.07, 6.45) is 0.184. The molecule has 4 atom stereocenters. The molecule has 1 aromatic rings. The maximum atomic E-state index is 13.9. The number of primary amides is 1. The Morgan fingerprint density at radius 2 is 1.79 bits per heavy atom. The molecule has 38 heavy (non-hydrogen) atoms. The van der Waals surface area contributed by atoms with Crippen molar-refractivity contribution in [1.82, 2.24) is 10.2 Å². The average molecular weight is 529 g/mol. The highest BCUT2D eigenvalue weighted by Crippen LogP contribution is 2.54. The summed E-state index contributed by atoms with van der Waals surface area (Å²) in [5, 5.41) is 47.7. The molecule has 3 aliphatic carbocycles. The van der Waals surface area contributed by atoms with E-state index >= 15 is 0 Å². The van der Waals surface area contributed by atoms with Gasteiger partial charge in [0.25, 0.3) is 5.91 Å². The predicted molar refractivity (Wildman–Crippen MR) is 136 cm³/mol. The maximum absolute atomic E-state index is 13.9. The minimum absolute atomic E-state index is 0.00698. The van der Waals surface area contributed by atoms with Gasteiger partial charge in [-0.25, -0.2) is 0 Å². The lowest BCUT2D eigenvalue weighted by Crippen LogP contribution is -2.65. The van der Waals surface area contributed by atoms with Gasteiger partial charge in [-0.3, -0.25) is 24.1 Å². The van der Waals surface area contributed by atoms with Crippen LogP contribution in [-0.2, 0) is 32.1 Å². The predicted octanol–water partition coefficient (Wildman–Crippen LogP) is -0.334. The summed E-state index contributed by atoms with van der Waals surface area (Å²) in [6.45, 7) is 1.28. The van der Waals surface area contributed by atoms with Gasteiger partial charge in [0.05, 0.1) is 11.6 Å². The van der Waals surface area contributed by atoms with E-state index in [0.717, 1.165) is 0 Å². The maximum Gasteiger partial charge on any atom is 0.255 e. The number of Topliss-reactive ketones (excluding diaryl/α,β-unsaturated/α-hetero) is 2. The van der Waals surface area contributed by atoms with Crippen molar-refractivity contribution in [2.24, 2.45) is 17.6 Å². The number of aliphatic hydroxyl groups excluding tert-OH is 2. The van der Waals surface area contributed by atoms with Gasteiger partial charge in [-0.05, 0) is 44.5 Å². The number of hydrogen-bond acceptors (Lipinski definition) is 10. The van der Waals surface area contributed by atoms with E-state index in [-0.39, 0.29) is 42.2 Å². The fourth-order valence-electron chi connectivity index (χ4n) is 6.10. The van der Waals surface area contributed by atoms with Crippen molar-refractivity contribution in [1.29, 1.82) is 0 Å². The molecule has 12 nitrogen and oxygen atoms in total. The summed E-state index contributed by atoms with van der Waals surface area (Å²) >= 11 is 0. The number of aromatic hydroxyl groups is 1. The summed E-state index contributed by atoms with van der Waals surface area (Å²) in [4.78, 5) is 53.9. The topological polar surface area (TPSA) is 194 Å². The minimum atomic E-state index is -2.70. The van der Waals surface area contributed by atoms with E-state index in [1.165, 1.54) is 11.8 Å². The van der Waals surface area contributed by atoms with Crippen molar-refractivity contribution < 1.29 is 39.6 Å². The number of benzene rings is 1. The molecule has 2 amide bonds. The first-order valence-electron chi connectivity index (χ1n) is 12.1. The third-order valence-electron chi connectivity index (χ3n) is 7.79. The highest BCUT2D eigenvalue weighted by molar-refractivity contribution is 6.24. The quantitative estimate of drug-likeness (QED) is 0.276. The number of ketones is 2. The zero-order valence-corrected chi connectivity index (χ0v) is 21.8. The molecule has 0 heterocycles. The second-order valence-corrected chi connectivity index (χ2v) is 10.5. The molecule has 7 N–H and O–H groups in total. The van der Waals surface area contributed by atoms with Gasteiger partial charge >= 0.3 is 0 Å². The highest BCUT2D eigenvalue weighted by atomic mass is 16.3. The number of nitrogens with zero attached hydrogens (tertiary/aromatic N) is 2. The lowest BCUT2D eigenvalue weighted by molar-refractivity contribution is -0.153. The second-order valence-electron chi connectivity index (χ2n) is 10.5. The van der Waals surface area contributed by atoms with Crippen molar-refractivity contribution in [3.8, 4) is 5.75 Å². The fourth-order valence-corrected chi connectivity index (χ4v) is 6.10. The fraction of sp³-hybridized carbons (Fsp3) is 0.462. The zero-order valence-electron chi connectivity index (χ0n) is 21.8. The highest BCUT2D eigenvalue weighted by Gasteiger charge is 2.64. The van der Waals surface area contributed by atoms with E-state index in [1.54, 1.807) is 39.2 Å². The number of phenols is 1. The molecule has 4 rings (SSSR count). The number of nitrogens with one attached hydrogen (secondary N) is 1. The van der Waals surface area contributed by atoms with E-state index in [2.05, 4.69) is 5.32 Å². The van der Waals surface area contributed by atoms with Crippen molar-refractivity contribution in [3.63, 3.8) is 0 Å². The molecule has 12 heteroatoms. The number of phenolic OH excluding ortho intramolecular Hbond substituents is 1. The van der Waals surface area contributed by atoms with Crippen LogP contribution in [0.1, 0.15) is 30.0 Å². The van der Waals surface area contributed by atoms with Crippen LogP contribution in [0.3, 0.4) is 0 Å². The third kappa shape index (κ3) is 3.74. The Kier molecular flexibility index (Phi) is 6.53. The smallest absolute Gasteiger partial charge is 0.255 e. The molecule has 0 saturated heterocycles. The van der Waals surface area contributed by atoms with Gasteiger partial charge < -0.3 is 36.4 Å². The molecule has 0 radical (unpaired) electrons. The first-order valence-corrected chi connectivity index (χ1v) is 12.1. The molecule has 1 aromatic carbocycles. The number of aliphatic hydroxyl groups is 3. The van der Waals surface area contributed by atoms with Crippen LogP contribution in [0.25, 0.3) is 5.76 Å². The molecule has 0 bridgehead atoms. The first-order chi connectivity index (χ1) is 17.6. The van der Waals surface area contributed by atoms with E-state index < -0.39 is 58.0 Å². The van der Waals surface area contributed by atoms with Crippen LogP contribution in [0.5, 0.6) is 5.75 Å². The molecule has 204 valence electrons. The van der Waals surface area contributed by atoms with Gasteiger partial charge in [0.15, 0.2) is 11.4 Å². The number of carbonyl (C=O) groups is 4. The molecule has 0 aliphatic heterocycles. The van der Waals surface area contributed by atoms with Crippen molar-refractivity contribution in [2.45, 2.75) is 38.0 Å². The van der Waals surface area contributed by atoms with Crippen LogP contribution in [-0.4, -0.2) is 88.5 Å². The van der Waals surface area contributed by atoms with Crippen molar-refractivity contribution in [3.05, 3.63) is 39.7 Å². The molecular weight excluding hydrogens is 496 g/mol. The van der Waals surface area contributed by atoms with Crippen LogP contribution in [0.2, 0.25) is 0 Å². The van der Waals surface area contributed by atoms with Crippen molar-refractivity contribution >= 4 is 34.8 Å². The molecule has 1 fully saturated rings. The van der Waals surface area contributed by atoms with E-state index in [4.69, 9.17) is 5.73 Å². The summed E-state index contributed by atoms with van der Waals surface area (Å²) in [5.41, 5.74) is 3.02. The molecule has 0 spiro atoms. The molecule has 3 aliphatic rings. The molecule has 0 aromatic heterocycles. The van der Waals surface area contributed by atoms with E-state index in [9.17, 15) is 39.6 Å². The van der Waals surface area contributed by atoms with Gasteiger partial charge in [0.1, 0.15) is 22.8 Å².